The van der Waals surface area contributed by atoms with Gasteiger partial charge in [0.1, 0.15) is 0 Å². The maximum absolute atomic E-state index is 12.5. The number of nitrogens with zero attached hydrogens (tertiary/aromatic N) is 1. The highest BCUT2D eigenvalue weighted by molar-refractivity contribution is 8.00. The van der Waals surface area contributed by atoms with Gasteiger partial charge in [0.25, 0.3) is 5.91 Å². The Morgan fingerprint density at radius 2 is 1.93 bits per heavy atom. The van der Waals surface area contributed by atoms with Crippen LogP contribution in [0.2, 0.25) is 0 Å². The number of amides is 1. The van der Waals surface area contributed by atoms with E-state index in [0.717, 1.165) is 22.6 Å². The van der Waals surface area contributed by atoms with Gasteiger partial charge in [-0.2, -0.15) is 0 Å². The van der Waals surface area contributed by atoms with Crippen LogP contribution in [0.15, 0.2) is 71.9 Å². The SMILES string of the molecule is CCc1ccc(C(=O)NCc2cccnc2)cc1NSc1ccc(C)cc1. The van der Waals surface area contributed by atoms with E-state index in [9.17, 15) is 4.79 Å². The molecule has 0 fully saturated rings. The molecule has 0 aliphatic carbocycles. The molecule has 2 aromatic carbocycles. The summed E-state index contributed by atoms with van der Waals surface area (Å²) in [5.74, 6) is -0.0927. The van der Waals surface area contributed by atoms with Crippen molar-refractivity contribution in [3.63, 3.8) is 0 Å². The standard InChI is InChI=1S/C22H23N3OS/c1-3-18-8-9-19(22(26)24-15-17-5-4-12-23-14-17)13-21(18)25-27-20-10-6-16(2)7-11-20/h4-14,25H,3,15H2,1-2H3,(H,24,26). The summed E-state index contributed by atoms with van der Waals surface area (Å²) in [6, 6.07) is 18.0. The summed E-state index contributed by atoms with van der Waals surface area (Å²) >= 11 is 1.55. The van der Waals surface area contributed by atoms with Crippen molar-refractivity contribution in [2.24, 2.45) is 0 Å². The first-order valence-electron chi connectivity index (χ1n) is 8.95. The van der Waals surface area contributed by atoms with E-state index in [0.29, 0.717) is 12.1 Å². The van der Waals surface area contributed by atoms with E-state index in [1.807, 2.05) is 30.3 Å². The minimum absolute atomic E-state index is 0.0927. The Bertz CT molecular complexity index is 895. The molecular weight excluding hydrogens is 354 g/mol. The number of anilines is 1. The molecule has 1 amide bonds. The first-order valence-corrected chi connectivity index (χ1v) is 9.77. The van der Waals surface area contributed by atoms with Gasteiger partial charge in [0.05, 0.1) is 0 Å². The summed E-state index contributed by atoms with van der Waals surface area (Å²) in [6.45, 7) is 4.65. The van der Waals surface area contributed by atoms with Gasteiger partial charge in [-0.25, -0.2) is 0 Å². The number of benzene rings is 2. The zero-order valence-electron chi connectivity index (χ0n) is 15.5. The molecule has 5 heteroatoms. The molecule has 0 unspecified atom stereocenters. The number of nitrogens with one attached hydrogen (secondary N) is 2. The summed E-state index contributed by atoms with van der Waals surface area (Å²) < 4.78 is 3.40. The van der Waals surface area contributed by atoms with Crippen molar-refractivity contribution in [3.05, 3.63) is 89.2 Å². The summed E-state index contributed by atoms with van der Waals surface area (Å²) in [4.78, 5) is 17.7. The quantitative estimate of drug-likeness (QED) is 0.569. The van der Waals surface area contributed by atoms with Crippen LogP contribution < -0.4 is 10.0 Å². The molecule has 4 nitrogen and oxygen atoms in total. The smallest absolute Gasteiger partial charge is 0.251 e. The van der Waals surface area contributed by atoms with Gasteiger partial charge in [-0.05, 0) is 66.8 Å². The van der Waals surface area contributed by atoms with Crippen molar-refractivity contribution in [1.82, 2.24) is 10.3 Å². The number of aromatic nitrogens is 1. The summed E-state index contributed by atoms with van der Waals surface area (Å²) in [6.07, 6.45) is 4.37. The van der Waals surface area contributed by atoms with Crippen molar-refractivity contribution in [2.45, 2.75) is 31.7 Å². The predicted molar refractivity (Wildman–Crippen MR) is 112 cm³/mol. The zero-order chi connectivity index (χ0) is 19.1. The summed E-state index contributed by atoms with van der Waals surface area (Å²) in [5.41, 5.74) is 5.00. The first kappa shape index (κ1) is 19.0. The van der Waals surface area contributed by atoms with Crippen LogP contribution in [0, 0.1) is 6.92 Å². The lowest BCUT2D eigenvalue weighted by atomic mass is 10.1. The van der Waals surface area contributed by atoms with Gasteiger partial charge in [0, 0.05) is 35.1 Å². The normalized spacial score (nSPS) is 10.4. The Morgan fingerprint density at radius 3 is 2.63 bits per heavy atom. The molecule has 0 saturated carbocycles. The van der Waals surface area contributed by atoms with Gasteiger partial charge >= 0.3 is 0 Å². The Hall–Kier alpha value is -2.79. The number of carbonyl (C=O) groups is 1. The fourth-order valence-corrected chi connectivity index (χ4v) is 3.32. The van der Waals surface area contributed by atoms with Crippen LogP contribution in [-0.2, 0) is 13.0 Å². The van der Waals surface area contributed by atoms with Crippen molar-refractivity contribution < 1.29 is 4.79 Å². The molecule has 3 rings (SSSR count). The molecule has 1 heterocycles. The van der Waals surface area contributed by atoms with E-state index in [4.69, 9.17) is 0 Å². The van der Waals surface area contributed by atoms with E-state index in [-0.39, 0.29) is 5.91 Å². The van der Waals surface area contributed by atoms with Gasteiger partial charge in [0.2, 0.25) is 0 Å². The van der Waals surface area contributed by atoms with Crippen LogP contribution in [0.4, 0.5) is 5.69 Å². The van der Waals surface area contributed by atoms with Gasteiger partial charge in [0.15, 0.2) is 0 Å². The minimum Gasteiger partial charge on any atom is -0.348 e. The molecule has 0 saturated heterocycles. The van der Waals surface area contributed by atoms with Gasteiger partial charge in [-0.15, -0.1) is 0 Å². The number of hydrogen-bond donors (Lipinski definition) is 2. The highest BCUT2D eigenvalue weighted by Gasteiger charge is 2.09. The molecule has 1 aromatic heterocycles. The molecule has 0 bridgehead atoms. The van der Waals surface area contributed by atoms with Gasteiger partial charge in [-0.1, -0.05) is 36.8 Å². The Labute approximate surface area is 164 Å². The average Bonchev–Trinajstić information content (AvgIpc) is 2.72. The molecule has 0 aliphatic heterocycles. The fraction of sp³-hybridized carbons (Fsp3) is 0.182. The number of aryl methyl sites for hydroxylation is 2. The van der Waals surface area contributed by atoms with Crippen LogP contribution in [0.5, 0.6) is 0 Å². The van der Waals surface area contributed by atoms with Crippen molar-refractivity contribution in [3.8, 4) is 0 Å². The molecule has 0 spiro atoms. The van der Waals surface area contributed by atoms with E-state index in [1.54, 1.807) is 24.3 Å². The Morgan fingerprint density at radius 1 is 1.11 bits per heavy atom. The van der Waals surface area contributed by atoms with Crippen LogP contribution in [0.25, 0.3) is 0 Å². The van der Waals surface area contributed by atoms with Gasteiger partial charge in [-0.3, -0.25) is 9.78 Å². The maximum Gasteiger partial charge on any atom is 0.251 e. The number of pyridine rings is 1. The van der Waals surface area contributed by atoms with Crippen LogP contribution in [-0.4, -0.2) is 10.9 Å². The molecule has 0 radical (unpaired) electrons. The average molecular weight is 378 g/mol. The van der Waals surface area contributed by atoms with Gasteiger partial charge < -0.3 is 10.0 Å². The largest absolute Gasteiger partial charge is 0.348 e. The summed E-state index contributed by atoms with van der Waals surface area (Å²) in [7, 11) is 0. The molecule has 138 valence electrons. The predicted octanol–water partition coefficient (Wildman–Crippen LogP) is 5.00. The second-order valence-electron chi connectivity index (χ2n) is 6.29. The lowest BCUT2D eigenvalue weighted by molar-refractivity contribution is 0.0951. The van der Waals surface area contributed by atoms with E-state index >= 15 is 0 Å². The maximum atomic E-state index is 12.5. The Kier molecular flexibility index (Phi) is 6.49. The molecule has 2 N–H and O–H groups in total. The van der Waals surface area contributed by atoms with E-state index in [2.05, 4.69) is 53.1 Å². The summed E-state index contributed by atoms with van der Waals surface area (Å²) in [5, 5.41) is 2.95. The molecular formula is C22H23N3OS. The minimum atomic E-state index is -0.0927. The van der Waals surface area contributed by atoms with Crippen molar-refractivity contribution >= 4 is 23.5 Å². The first-order chi connectivity index (χ1) is 13.2. The molecule has 3 aromatic rings. The van der Waals surface area contributed by atoms with Crippen molar-refractivity contribution in [2.75, 3.05) is 4.72 Å². The van der Waals surface area contributed by atoms with E-state index in [1.165, 1.54) is 11.1 Å². The topological polar surface area (TPSA) is 54.0 Å². The Balaban J connectivity index is 1.68. The third-order valence-corrected chi connectivity index (χ3v) is 5.06. The number of carbonyl (C=O) groups excluding carboxylic acids is 1. The number of rotatable bonds is 7. The molecule has 0 atom stereocenters. The second kappa shape index (κ2) is 9.24. The lowest BCUT2D eigenvalue weighted by Crippen LogP contribution is -2.23. The zero-order valence-corrected chi connectivity index (χ0v) is 16.3. The third kappa shape index (κ3) is 5.34. The van der Waals surface area contributed by atoms with Crippen LogP contribution in [0.1, 0.15) is 34.0 Å². The molecule has 27 heavy (non-hydrogen) atoms. The highest BCUT2D eigenvalue weighted by atomic mass is 32.2. The lowest BCUT2D eigenvalue weighted by Gasteiger charge is -2.13. The third-order valence-electron chi connectivity index (χ3n) is 4.23. The van der Waals surface area contributed by atoms with Crippen LogP contribution in [0.3, 0.4) is 0 Å². The fourth-order valence-electron chi connectivity index (χ4n) is 2.63. The highest BCUT2D eigenvalue weighted by Crippen LogP contribution is 2.26. The molecule has 0 aliphatic rings. The van der Waals surface area contributed by atoms with Crippen molar-refractivity contribution in [1.29, 1.82) is 0 Å². The number of hydrogen-bond acceptors (Lipinski definition) is 4. The van der Waals surface area contributed by atoms with Crippen LogP contribution >= 0.6 is 11.9 Å². The second-order valence-corrected chi connectivity index (χ2v) is 7.17. The van der Waals surface area contributed by atoms with E-state index < -0.39 is 0 Å². The monoisotopic (exact) mass is 377 g/mol.